The van der Waals surface area contributed by atoms with Crippen LogP contribution >= 0.6 is 0 Å². The van der Waals surface area contributed by atoms with E-state index in [1.54, 1.807) is 18.9 Å². The highest BCUT2D eigenvalue weighted by Crippen LogP contribution is 2.36. The summed E-state index contributed by atoms with van der Waals surface area (Å²) in [5.74, 6) is -0.0485. The predicted molar refractivity (Wildman–Crippen MR) is 62.4 cm³/mol. The van der Waals surface area contributed by atoms with Crippen LogP contribution in [0.25, 0.3) is 0 Å². The van der Waals surface area contributed by atoms with Crippen LogP contribution in [0.15, 0.2) is 0 Å². The van der Waals surface area contributed by atoms with E-state index < -0.39 is 6.04 Å². The van der Waals surface area contributed by atoms with Gasteiger partial charge in [-0.15, -0.1) is 0 Å². The van der Waals surface area contributed by atoms with Crippen molar-refractivity contribution >= 4 is 11.8 Å². The lowest BCUT2D eigenvalue weighted by Crippen LogP contribution is -2.53. The lowest BCUT2D eigenvalue weighted by molar-refractivity contribution is -0.142. The van der Waals surface area contributed by atoms with Crippen molar-refractivity contribution in [3.8, 4) is 0 Å². The third-order valence-electron chi connectivity index (χ3n) is 3.85. The van der Waals surface area contributed by atoms with Gasteiger partial charge >= 0.3 is 0 Å². The molecule has 1 aliphatic carbocycles. The summed E-state index contributed by atoms with van der Waals surface area (Å²) >= 11 is 0. The maximum atomic E-state index is 12.1. The minimum absolute atomic E-state index is 0.000764. The van der Waals surface area contributed by atoms with Gasteiger partial charge in [-0.25, -0.2) is 0 Å². The normalized spacial score (nSPS) is 28.4. The molecule has 1 saturated heterocycles. The molecule has 1 aliphatic heterocycles. The molecule has 1 heterocycles. The number of carbonyl (C=O) groups is 2. The van der Waals surface area contributed by atoms with Crippen molar-refractivity contribution < 1.29 is 14.3 Å². The van der Waals surface area contributed by atoms with Crippen LogP contribution < -0.4 is 5.32 Å². The van der Waals surface area contributed by atoms with Crippen molar-refractivity contribution in [3.05, 3.63) is 0 Å². The van der Waals surface area contributed by atoms with E-state index in [4.69, 9.17) is 4.74 Å². The van der Waals surface area contributed by atoms with Crippen molar-refractivity contribution in [2.45, 2.75) is 44.2 Å². The van der Waals surface area contributed by atoms with Crippen LogP contribution in [0.1, 0.15) is 32.6 Å². The monoisotopic (exact) mass is 240 g/mol. The van der Waals surface area contributed by atoms with Gasteiger partial charge in [0.05, 0.1) is 5.60 Å². The zero-order valence-electron chi connectivity index (χ0n) is 10.5. The van der Waals surface area contributed by atoms with Gasteiger partial charge in [0.1, 0.15) is 6.04 Å². The maximum Gasteiger partial charge on any atom is 0.244 e. The highest BCUT2D eigenvalue weighted by molar-refractivity contribution is 5.89. The van der Waals surface area contributed by atoms with E-state index in [0.717, 1.165) is 19.3 Å². The second-order valence-corrected chi connectivity index (χ2v) is 5.04. The van der Waals surface area contributed by atoms with Crippen molar-refractivity contribution in [2.75, 3.05) is 20.2 Å². The Morgan fingerprint density at radius 1 is 1.47 bits per heavy atom. The molecule has 0 aromatic rings. The Labute approximate surface area is 101 Å². The number of methoxy groups -OCH3 is 1. The minimum Gasteiger partial charge on any atom is -0.376 e. The molecule has 0 bridgehead atoms. The van der Waals surface area contributed by atoms with Gasteiger partial charge in [0, 0.05) is 26.6 Å². The smallest absolute Gasteiger partial charge is 0.244 e. The van der Waals surface area contributed by atoms with Crippen molar-refractivity contribution in [2.24, 2.45) is 0 Å². The van der Waals surface area contributed by atoms with Gasteiger partial charge in [0.15, 0.2) is 0 Å². The van der Waals surface area contributed by atoms with Crippen LogP contribution in [0.3, 0.4) is 0 Å². The van der Waals surface area contributed by atoms with E-state index in [-0.39, 0.29) is 17.4 Å². The fourth-order valence-corrected chi connectivity index (χ4v) is 2.50. The number of carbonyl (C=O) groups excluding carboxylic acids is 2. The fraction of sp³-hybridized carbons (Fsp3) is 0.833. The number of hydrogen-bond donors (Lipinski definition) is 1. The molecular formula is C12H20N2O3. The molecule has 2 aliphatic rings. The quantitative estimate of drug-likeness (QED) is 0.771. The predicted octanol–water partition coefficient (Wildman–Crippen LogP) is 0.293. The van der Waals surface area contributed by atoms with Gasteiger partial charge in [-0.3, -0.25) is 9.59 Å². The lowest BCUT2D eigenvalue weighted by atomic mass is 9.79. The molecule has 96 valence electrons. The second-order valence-electron chi connectivity index (χ2n) is 5.04. The average Bonchev–Trinajstić information content (AvgIpc) is 2.36. The largest absolute Gasteiger partial charge is 0.376 e. The molecule has 2 amide bonds. The molecule has 0 aromatic heterocycles. The first kappa shape index (κ1) is 12.4. The van der Waals surface area contributed by atoms with Crippen LogP contribution in [0.5, 0.6) is 0 Å². The number of nitrogens with zero attached hydrogens (tertiary/aromatic N) is 1. The highest BCUT2D eigenvalue weighted by Gasteiger charge is 2.41. The molecular weight excluding hydrogens is 220 g/mol. The third kappa shape index (κ3) is 2.44. The molecule has 1 unspecified atom stereocenters. The van der Waals surface area contributed by atoms with Gasteiger partial charge in [-0.2, -0.15) is 0 Å². The molecule has 2 fully saturated rings. The van der Waals surface area contributed by atoms with E-state index >= 15 is 0 Å². The Morgan fingerprint density at radius 2 is 2.18 bits per heavy atom. The molecule has 5 heteroatoms. The summed E-state index contributed by atoms with van der Waals surface area (Å²) in [5, 5.41) is 2.69. The maximum absolute atomic E-state index is 12.1. The van der Waals surface area contributed by atoms with Gasteiger partial charge in [0.25, 0.3) is 0 Å². The first-order valence-corrected chi connectivity index (χ1v) is 6.20. The number of ether oxygens (including phenoxy) is 1. The van der Waals surface area contributed by atoms with Gasteiger partial charge in [-0.05, 0) is 26.2 Å². The summed E-state index contributed by atoms with van der Waals surface area (Å²) in [7, 11) is 1.70. The Morgan fingerprint density at radius 3 is 2.71 bits per heavy atom. The van der Waals surface area contributed by atoms with E-state index in [1.807, 2.05) is 0 Å². The van der Waals surface area contributed by atoms with Gasteiger partial charge in [0.2, 0.25) is 11.8 Å². The average molecular weight is 240 g/mol. The van der Waals surface area contributed by atoms with E-state index in [9.17, 15) is 9.59 Å². The van der Waals surface area contributed by atoms with Crippen molar-refractivity contribution in [1.29, 1.82) is 0 Å². The molecule has 1 N–H and O–H groups in total. The standard InChI is InChI=1S/C12H20N2O3/c1-9-11(16)14(7-4-10(15)13-9)8-12(17-2)5-3-6-12/h9H,3-8H2,1-2H3,(H,13,15). The Kier molecular flexibility index (Phi) is 3.38. The van der Waals surface area contributed by atoms with Crippen LogP contribution in [0, 0.1) is 0 Å². The molecule has 1 atom stereocenters. The van der Waals surface area contributed by atoms with Crippen LogP contribution in [-0.2, 0) is 14.3 Å². The van der Waals surface area contributed by atoms with Gasteiger partial charge in [-0.1, -0.05) is 0 Å². The molecule has 2 rings (SSSR count). The highest BCUT2D eigenvalue weighted by atomic mass is 16.5. The van der Waals surface area contributed by atoms with Crippen molar-refractivity contribution in [1.82, 2.24) is 10.2 Å². The molecule has 0 aromatic carbocycles. The Bertz CT molecular complexity index is 320. The van der Waals surface area contributed by atoms with E-state index in [2.05, 4.69) is 5.32 Å². The van der Waals surface area contributed by atoms with E-state index in [1.165, 1.54) is 0 Å². The second kappa shape index (κ2) is 4.64. The fourth-order valence-electron chi connectivity index (χ4n) is 2.50. The number of hydrogen-bond acceptors (Lipinski definition) is 3. The number of rotatable bonds is 3. The first-order valence-electron chi connectivity index (χ1n) is 6.20. The SMILES string of the molecule is COC1(CN2CCC(=O)NC(C)C2=O)CCC1. The van der Waals surface area contributed by atoms with Gasteiger partial charge < -0.3 is 15.0 Å². The van der Waals surface area contributed by atoms with Crippen LogP contribution in [0.2, 0.25) is 0 Å². The molecule has 0 spiro atoms. The minimum atomic E-state index is -0.418. The zero-order valence-corrected chi connectivity index (χ0v) is 10.5. The summed E-state index contributed by atoms with van der Waals surface area (Å²) in [5.41, 5.74) is -0.164. The molecule has 17 heavy (non-hydrogen) atoms. The molecule has 1 saturated carbocycles. The first-order chi connectivity index (χ1) is 8.06. The summed E-state index contributed by atoms with van der Waals surface area (Å²) in [6.07, 6.45) is 3.55. The Balaban J connectivity index is 2.03. The van der Waals surface area contributed by atoms with Crippen molar-refractivity contribution in [3.63, 3.8) is 0 Å². The zero-order chi connectivity index (χ0) is 12.5. The van der Waals surface area contributed by atoms with Crippen LogP contribution in [-0.4, -0.2) is 48.6 Å². The topological polar surface area (TPSA) is 58.6 Å². The summed E-state index contributed by atoms with van der Waals surface area (Å²) in [6, 6.07) is -0.418. The number of amides is 2. The Hall–Kier alpha value is -1.10. The summed E-state index contributed by atoms with van der Waals surface area (Å²) in [4.78, 5) is 25.2. The van der Waals surface area contributed by atoms with E-state index in [0.29, 0.717) is 19.5 Å². The molecule has 0 radical (unpaired) electrons. The summed E-state index contributed by atoms with van der Waals surface area (Å²) in [6.45, 7) is 2.85. The lowest BCUT2D eigenvalue weighted by Gasteiger charge is -2.43. The summed E-state index contributed by atoms with van der Waals surface area (Å²) < 4.78 is 5.53. The van der Waals surface area contributed by atoms with Crippen LogP contribution in [0.4, 0.5) is 0 Å². The number of nitrogens with one attached hydrogen (secondary N) is 1. The third-order valence-corrected chi connectivity index (χ3v) is 3.85. The molecule has 5 nitrogen and oxygen atoms in total.